The smallest absolute Gasteiger partial charge is 0.250 e. The maximum atomic E-state index is 14.1. The molecule has 3 N–H and O–H groups in total. The highest BCUT2D eigenvalue weighted by Gasteiger charge is 2.54. The Bertz CT molecular complexity index is 1570. The summed E-state index contributed by atoms with van der Waals surface area (Å²) >= 11 is 0. The van der Waals surface area contributed by atoms with Crippen LogP contribution in [0.4, 0.5) is 5.69 Å². The number of aromatic nitrogens is 2. The highest BCUT2D eigenvalue weighted by molar-refractivity contribution is 5.96. The van der Waals surface area contributed by atoms with E-state index in [0.717, 1.165) is 16.9 Å². The molecule has 4 amide bonds. The Morgan fingerprint density at radius 2 is 1.72 bits per heavy atom. The molecule has 13 heteroatoms. The number of methoxy groups -OCH3 is 1. The van der Waals surface area contributed by atoms with Crippen LogP contribution in [-0.2, 0) is 39.1 Å². The number of nitrogens with one attached hydrogen (secondary N) is 1. The standard InChI is InChI=1S/C34H44N8O5/c1-38(2)30(43)21-41-23-42(25-8-6-5-7-9-25)34(33(41)46)14-16-40(17-15-34)32(45)29(18-24-10-12-27(47-4)13-11-24)37-31(44)28(35)19-26-20-36-22-39(26)3/h5-13,20,22,28-29H,14-19,21,23,35H2,1-4H3,(H,37,44)/t28?,29-/m1/s1. The molecule has 2 saturated heterocycles. The fourth-order valence-electron chi connectivity index (χ4n) is 6.32. The molecule has 0 bridgehead atoms. The van der Waals surface area contributed by atoms with Gasteiger partial charge in [-0.3, -0.25) is 19.2 Å². The van der Waals surface area contributed by atoms with Gasteiger partial charge in [0.1, 0.15) is 23.9 Å². The number of anilines is 1. The number of rotatable bonds is 11. The zero-order chi connectivity index (χ0) is 33.7. The van der Waals surface area contributed by atoms with Gasteiger partial charge in [0.25, 0.3) is 5.91 Å². The van der Waals surface area contributed by atoms with Gasteiger partial charge in [0, 0.05) is 64.7 Å². The molecule has 1 aromatic heterocycles. The fourth-order valence-corrected chi connectivity index (χ4v) is 6.32. The van der Waals surface area contributed by atoms with E-state index >= 15 is 0 Å². The summed E-state index contributed by atoms with van der Waals surface area (Å²) in [6.45, 7) is 0.870. The molecule has 47 heavy (non-hydrogen) atoms. The minimum Gasteiger partial charge on any atom is -0.497 e. The highest BCUT2D eigenvalue weighted by Crippen LogP contribution is 2.39. The zero-order valence-electron chi connectivity index (χ0n) is 27.5. The molecule has 0 radical (unpaired) electrons. The first-order valence-electron chi connectivity index (χ1n) is 15.8. The Kier molecular flexibility index (Phi) is 10.1. The van der Waals surface area contributed by atoms with Crippen molar-refractivity contribution in [3.63, 3.8) is 0 Å². The molecule has 3 heterocycles. The maximum absolute atomic E-state index is 14.1. The summed E-state index contributed by atoms with van der Waals surface area (Å²) in [6, 6.07) is 15.3. The van der Waals surface area contributed by atoms with Gasteiger partial charge in [0.15, 0.2) is 0 Å². The van der Waals surface area contributed by atoms with E-state index in [1.807, 2.05) is 61.6 Å². The predicted molar refractivity (Wildman–Crippen MR) is 176 cm³/mol. The van der Waals surface area contributed by atoms with Crippen molar-refractivity contribution >= 4 is 29.3 Å². The largest absolute Gasteiger partial charge is 0.497 e. The van der Waals surface area contributed by atoms with Gasteiger partial charge in [0.2, 0.25) is 17.7 Å². The second-order valence-electron chi connectivity index (χ2n) is 12.5. The maximum Gasteiger partial charge on any atom is 0.250 e. The van der Waals surface area contributed by atoms with Gasteiger partial charge < -0.3 is 40.0 Å². The number of para-hydroxylation sites is 1. The zero-order valence-corrected chi connectivity index (χ0v) is 27.5. The van der Waals surface area contributed by atoms with Crippen molar-refractivity contribution in [2.24, 2.45) is 12.8 Å². The lowest BCUT2D eigenvalue weighted by Crippen LogP contribution is -2.60. The average molecular weight is 645 g/mol. The van der Waals surface area contributed by atoms with E-state index in [1.54, 1.807) is 48.1 Å². The minimum atomic E-state index is -0.898. The van der Waals surface area contributed by atoms with Crippen molar-refractivity contribution in [3.05, 3.63) is 78.4 Å². The number of hydrogen-bond acceptors (Lipinski definition) is 8. The second-order valence-corrected chi connectivity index (χ2v) is 12.5. The summed E-state index contributed by atoms with van der Waals surface area (Å²) in [5.41, 5.74) is 7.93. The van der Waals surface area contributed by atoms with Crippen LogP contribution in [0.25, 0.3) is 0 Å². The van der Waals surface area contributed by atoms with Crippen LogP contribution < -0.4 is 20.7 Å². The molecule has 13 nitrogen and oxygen atoms in total. The number of hydrogen-bond donors (Lipinski definition) is 2. The number of amides is 4. The molecule has 2 aliphatic rings. The molecule has 2 aliphatic heterocycles. The van der Waals surface area contributed by atoms with Crippen LogP contribution in [0.1, 0.15) is 24.1 Å². The predicted octanol–water partition coefficient (Wildman–Crippen LogP) is 0.782. The third-order valence-corrected chi connectivity index (χ3v) is 9.20. The van der Waals surface area contributed by atoms with Crippen molar-refractivity contribution in [2.45, 2.75) is 43.3 Å². The summed E-state index contributed by atoms with van der Waals surface area (Å²) in [4.78, 5) is 65.1. The summed E-state index contributed by atoms with van der Waals surface area (Å²) < 4.78 is 7.09. The number of imidazole rings is 1. The van der Waals surface area contributed by atoms with Gasteiger partial charge >= 0.3 is 0 Å². The lowest BCUT2D eigenvalue weighted by Gasteiger charge is -2.44. The molecule has 250 valence electrons. The fraction of sp³-hybridized carbons (Fsp3) is 0.441. The first-order valence-corrected chi connectivity index (χ1v) is 15.8. The minimum absolute atomic E-state index is 0.0192. The van der Waals surface area contributed by atoms with Crippen molar-refractivity contribution in [3.8, 4) is 5.75 Å². The third-order valence-electron chi connectivity index (χ3n) is 9.20. The molecular weight excluding hydrogens is 600 g/mol. The van der Waals surface area contributed by atoms with Crippen LogP contribution in [0.2, 0.25) is 0 Å². The Hall–Kier alpha value is -4.91. The number of likely N-dealkylation sites (tertiary alicyclic amines) is 1. The van der Waals surface area contributed by atoms with Crippen LogP contribution >= 0.6 is 0 Å². The van der Waals surface area contributed by atoms with Crippen LogP contribution in [0.3, 0.4) is 0 Å². The molecule has 0 aliphatic carbocycles. The van der Waals surface area contributed by atoms with E-state index in [2.05, 4.69) is 15.2 Å². The Morgan fingerprint density at radius 1 is 1.04 bits per heavy atom. The first kappa shape index (κ1) is 33.5. The number of ether oxygens (including phenoxy) is 1. The molecule has 0 saturated carbocycles. The Morgan fingerprint density at radius 3 is 2.32 bits per heavy atom. The monoisotopic (exact) mass is 644 g/mol. The van der Waals surface area contributed by atoms with E-state index in [1.165, 1.54) is 4.90 Å². The number of piperidine rings is 1. The Balaban J connectivity index is 1.34. The van der Waals surface area contributed by atoms with E-state index in [-0.39, 0.29) is 43.8 Å². The quantitative estimate of drug-likeness (QED) is 0.312. The van der Waals surface area contributed by atoms with E-state index in [4.69, 9.17) is 10.5 Å². The number of aryl methyl sites for hydroxylation is 1. The summed E-state index contributed by atoms with van der Waals surface area (Å²) in [5.74, 6) is -0.268. The molecule has 1 spiro atoms. The highest BCUT2D eigenvalue weighted by atomic mass is 16.5. The van der Waals surface area contributed by atoms with Gasteiger partial charge in [-0.2, -0.15) is 0 Å². The topological polar surface area (TPSA) is 146 Å². The van der Waals surface area contributed by atoms with Gasteiger partial charge in [-0.25, -0.2) is 4.98 Å². The number of nitrogens with two attached hydrogens (primary N) is 1. The van der Waals surface area contributed by atoms with E-state index in [0.29, 0.717) is 31.7 Å². The normalized spacial score (nSPS) is 17.0. The molecule has 3 aromatic rings. The summed E-state index contributed by atoms with van der Waals surface area (Å²) in [7, 11) is 6.76. The lowest BCUT2D eigenvalue weighted by molar-refractivity contribution is -0.142. The Labute approximate surface area is 275 Å². The van der Waals surface area contributed by atoms with Crippen molar-refractivity contribution in [1.82, 2.24) is 29.6 Å². The molecule has 2 fully saturated rings. The summed E-state index contributed by atoms with van der Waals surface area (Å²) in [5, 5.41) is 2.92. The molecule has 2 aromatic carbocycles. The molecule has 2 atom stereocenters. The summed E-state index contributed by atoms with van der Waals surface area (Å²) in [6.07, 6.45) is 4.58. The number of nitrogens with zero attached hydrogens (tertiary/aromatic N) is 6. The SMILES string of the molecule is COc1ccc(C[C@@H](NC(=O)C(N)Cc2cncn2C)C(=O)N2CCC3(CC2)C(=O)N(CC(=O)N(C)C)CN3c2ccccc2)cc1. The van der Waals surface area contributed by atoms with Crippen molar-refractivity contribution in [2.75, 3.05) is 52.4 Å². The molecule has 1 unspecified atom stereocenters. The molecule has 5 rings (SSSR count). The van der Waals surface area contributed by atoms with E-state index < -0.39 is 23.5 Å². The van der Waals surface area contributed by atoms with E-state index in [9.17, 15) is 19.2 Å². The van der Waals surface area contributed by atoms with Crippen molar-refractivity contribution in [1.29, 1.82) is 0 Å². The van der Waals surface area contributed by atoms with Crippen LogP contribution in [0, 0.1) is 0 Å². The van der Waals surface area contributed by atoms with Gasteiger partial charge in [-0.15, -0.1) is 0 Å². The number of carbonyl (C=O) groups excluding carboxylic acids is 4. The van der Waals surface area contributed by atoms with Crippen LogP contribution in [0.5, 0.6) is 5.75 Å². The number of carbonyl (C=O) groups is 4. The number of benzene rings is 2. The number of likely N-dealkylation sites (N-methyl/N-ethyl adjacent to an activating group) is 1. The van der Waals surface area contributed by atoms with Gasteiger partial charge in [0.05, 0.1) is 26.1 Å². The van der Waals surface area contributed by atoms with Gasteiger partial charge in [-0.05, 0) is 42.7 Å². The van der Waals surface area contributed by atoms with Crippen LogP contribution in [0.15, 0.2) is 67.1 Å². The average Bonchev–Trinajstić information content (AvgIpc) is 3.60. The lowest BCUT2D eigenvalue weighted by atomic mass is 9.85. The van der Waals surface area contributed by atoms with Crippen LogP contribution in [-0.4, -0.2) is 113 Å². The third kappa shape index (κ3) is 7.25. The second kappa shape index (κ2) is 14.2. The first-order chi connectivity index (χ1) is 22.5. The molecular formula is C34H44N8O5. The van der Waals surface area contributed by atoms with Gasteiger partial charge in [-0.1, -0.05) is 30.3 Å². The van der Waals surface area contributed by atoms with Crippen molar-refractivity contribution < 1.29 is 23.9 Å².